The molecule has 0 saturated heterocycles. The Hall–Kier alpha value is -2.82. The van der Waals surface area contributed by atoms with Crippen LogP contribution in [0.15, 0.2) is 35.3 Å². The zero-order chi connectivity index (χ0) is 16.7. The number of aromatic amines is 1. The summed E-state index contributed by atoms with van der Waals surface area (Å²) in [6.07, 6.45) is 1.95. The van der Waals surface area contributed by atoms with Crippen molar-refractivity contribution in [2.24, 2.45) is 5.73 Å². The quantitative estimate of drug-likeness (QED) is 0.779. The van der Waals surface area contributed by atoms with Gasteiger partial charge < -0.3 is 15.3 Å². The molecule has 1 amide bonds. The van der Waals surface area contributed by atoms with Crippen LogP contribution in [0.5, 0.6) is 0 Å². The molecule has 2 aromatic heterocycles. The fourth-order valence-corrected chi connectivity index (χ4v) is 3.15. The summed E-state index contributed by atoms with van der Waals surface area (Å²) in [6.45, 7) is 6.20. The van der Waals surface area contributed by atoms with Gasteiger partial charge in [0, 0.05) is 33.9 Å². The van der Waals surface area contributed by atoms with Crippen LogP contribution in [0.3, 0.4) is 0 Å². The number of nitrogens with zero attached hydrogens (tertiary/aromatic N) is 1. The smallest absolute Gasteiger partial charge is 0.253 e. The highest BCUT2D eigenvalue weighted by atomic mass is 16.1. The lowest BCUT2D eigenvalue weighted by molar-refractivity contribution is 0.100. The van der Waals surface area contributed by atoms with Gasteiger partial charge in [0.1, 0.15) is 0 Å². The number of hydrogen-bond acceptors (Lipinski definition) is 2. The molecule has 1 aromatic carbocycles. The van der Waals surface area contributed by atoms with E-state index in [1.54, 1.807) is 6.07 Å². The summed E-state index contributed by atoms with van der Waals surface area (Å²) in [5.74, 6) is -0.444. The summed E-state index contributed by atoms with van der Waals surface area (Å²) in [5, 5.41) is 0.848. The van der Waals surface area contributed by atoms with Crippen molar-refractivity contribution in [3.8, 4) is 0 Å². The first-order valence-electron chi connectivity index (χ1n) is 7.46. The van der Waals surface area contributed by atoms with Crippen LogP contribution in [-0.4, -0.2) is 15.5 Å². The van der Waals surface area contributed by atoms with Gasteiger partial charge in [0.2, 0.25) is 5.91 Å². The molecule has 0 unspecified atom stereocenters. The maximum absolute atomic E-state index is 12.2. The molecule has 0 aliphatic rings. The minimum Gasteiger partial charge on any atom is -0.366 e. The number of nitrogens with one attached hydrogen (secondary N) is 1. The number of rotatable bonds is 3. The van der Waals surface area contributed by atoms with Crippen molar-refractivity contribution in [3.63, 3.8) is 0 Å². The molecular weight excluding hydrogens is 290 g/mol. The maximum atomic E-state index is 12.2. The van der Waals surface area contributed by atoms with Gasteiger partial charge in [-0.3, -0.25) is 9.59 Å². The molecule has 118 valence electrons. The van der Waals surface area contributed by atoms with E-state index in [-0.39, 0.29) is 5.56 Å². The number of hydrogen-bond donors (Lipinski definition) is 2. The molecule has 3 rings (SSSR count). The van der Waals surface area contributed by atoms with Crippen LogP contribution in [-0.2, 0) is 6.54 Å². The summed E-state index contributed by atoms with van der Waals surface area (Å²) in [7, 11) is 0. The summed E-state index contributed by atoms with van der Waals surface area (Å²) >= 11 is 0. The van der Waals surface area contributed by atoms with Crippen molar-refractivity contribution in [3.05, 3.63) is 68.8 Å². The number of fused-ring (bicyclic) bond motifs is 1. The van der Waals surface area contributed by atoms with Gasteiger partial charge in [-0.05, 0) is 50.1 Å². The number of amides is 1. The van der Waals surface area contributed by atoms with Crippen molar-refractivity contribution in [2.45, 2.75) is 27.3 Å². The van der Waals surface area contributed by atoms with E-state index in [2.05, 4.69) is 4.98 Å². The molecular formula is C18H19N3O2. The zero-order valence-corrected chi connectivity index (χ0v) is 13.4. The normalized spacial score (nSPS) is 11.1. The van der Waals surface area contributed by atoms with E-state index in [4.69, 9.17) is 5.73 Å². The Morgan fingerprint density at radius 1 is 1.22 bits per heavy atom. The number of H-pyrrole nitrogens is 1. The van der Waals surface area contributed by atoms with Crippen LogP contribution in [0.2, 0.25) is 0 Å². The molecule has 23 heavy (non-hydrogen) atoms. The largest absolute Gasteiger partial charge is 0.366 e. The predicted octanol–water partition coefficient (Wildman–Crippen LogP) is 2.40. The molecule has 0 radical (unpaired) electrons. The van der Waals surface area contributed by atoms with Crippen LogP contribution >= 0.6 is 0 Å². The number of aryl methyl sites for hydroxylation is 3. The summed E-state index contributed by atoms with van der Waals surface area (Å²) in [6, 6.07) is 7.44. The van der Waals surface area contributed by atoms with E-state index in [1.165, 1.54) is 0 Å². The molecule has 2 heterocycles. The molecule has 3 N–H and O–H groups in total. The van der Waals surface area contributed by atoms with Crippen LogP contribution < -0.4 is 11.3 Å². The Balaban J connectivity index is 2.18. The second kappa shape index (κ2) is 5.43. The van der Waals surface area contributed by atoms with Gasteiger partial charge in [-0.1, -0.05) is 6.07 Å². The molecule has 0 fully saturated rings. The van der Waals surface area contributed by atoms with Gasteiger partial charge in [-0.2, -0.15) is 0 Å². The lowest BCUT2D eigenvalue weighted by atomic mass is 10.1. The van der Waals surface area contributed by atoms with Gasteiger partial charge in [0.25, 0.3) is 5.56 Å². The highest BCUT2D eigenvalue weighted by molar-refractivity contribution is 6.07. The standard InChI is InChI=1S/C18H19N3O2/c1-10-7-12(3)20-18(23)14(10)9-21-8-11(2)16-13(17(19)22)5-4-6-15(16)21/h4-8H,9H2,1-3H3,(H2,19,22)(H,20,23). The summed E-state index contributed by atoms with van der Waals surface area (Å²) in [4.78, 5) is 26.7. The fraction of sp³-hybridized carbons (Fsp3) is 0.222. The zero-order valence-electron chi connectivity index (χ0n) is 13.4. The molecule has 5 heteroatoms. The second-order valence-electron chi connectivity index (χ2n) is 5.95. The number of benzene rings is 1. The third-order valence-electron chi connectivity index (χ3n) is 4.18. The Bertz CT molecular complexity index is 980. The van der Waals surface area contributed by atoms with E-state index in [0.29, 0.717) is 12.1 Å². The third kappa shape index (κ3) is 2.54. The second-order valence-corrected chi connectivity index (χ2v) is 5.95. The molecule has 5 nitrogen and oxygen atoms in total. The first-order valence-corrected chi connectivity index (χ1v) is 7.46. The molecule has 0 spiro atoms. The van der Waals surface area contributed by atoms with Gasteiger partial charge in [0.05, 0.1) is 6.54 Å². The van der Waals surface area contributed by atoms with Crippen molar-refractivity contribution >= 4 is 16.8 Å². The van der Waals surface area contributed by atoms with Crippen LogP contribution in [0.4, 0.5) is 0 Å². The topological polar surface area (TPSA) is 80.9 Å². The minimum absolute atomic E-state index is 0.0759. The van der Waals surface area contributed by atoms with Crippen molar-refractivity contribution in [2.75, 3.05) is 0 Å². The lowest BCUT2D eigenvalue weighted by Gasteiger charge is -2.09. The van der Waals surface area contributed by atoms with Gasteiger partial charge in [-0.15, -0.1) is 0 Å². The lowest BCUT2D eigenvalue weighted by Crippen LogP contribution is -2.18. The number of pyridine rings is 1. The molecule has 0 saturated carbocycles. The Kier molecular flexibility index (Phi) is 3.56. The van der Waals surface area contributed by atoms with Gasteiger partial charge in [0.15, 0.2) is 0 Å². The highest BCUT2D eigenvalue weighted by Crippen LogP contribution is 2.25. The molecule has 0 aliphatic heterocycles. The number of primary amides is 1. The van der Waals surface area contributed by atoms with Crippen molar-refractivity contribution in [1.29, 1.82) is 0 Å². The first-order chi connectivity index (χ1) is 10.9. The molecule has 0 atom stereocenters. The number of aromatic nitrogens is 2. The van der Waals surface area contributed by atoms with Gasteiger partial charge in [-0.25, -0.2) is 0 Å². The Morgan fingerprint density at radius 3 is 2.61 bits per heavy atom. The highest BCUT2D eigenvalue weighted by Gasteiger charge is 2.14. The third-order valence-corrected chi connectivity index (χ3v) is 4.18. The maximum Gasteiger partial charge on any atom is 0.253 e. The fourth-order valence-electron chi connectivity index (χ4n) is 3.15. The number of carbonyl (C=O) groups excluding carboxylic acids is 1. The van der Waals surface area contributed by atoms with E-state index in [1.807, 2.05) is 49.7 Å². The summed E-state index contributed by atoms with van der Waals surface area (Å²) in [5.41, 5.74) is 10.3. The van der Waals surface area contributed by atoms with E-state index < -0.39 is 5.91 Å². The van der Waals surface area contributed by atoms with Gasteiger partial charge >= 0.3 is 0 Å². The Labute approximate surface area is 133 Å². The first kappa shape index (κ1) is 15.1. The summed E-state index contributed by atoms with van der Waals surface area (Å²) < 4.78 is 1.99. The minimum atomic E-state index is -0.444. The average molecular weight is 309 g/mol. The van der Waals surface area contributed by atoms with Crippen LogP contribution in [0.1, 0.15) is 32.7 Å². The van der Waals surface area contributed by atoms with Crippen molar-refractivity contribution < 1.29 is 4.79 Å². The Morgan fingerprint density at radius 2 is 1.96 bits per heavy atom. The van der Waals surface area contributed by atoms with E-state index >= 15 is 0 Å². The molecule has 0 aliphatic carbocycles. The number of carbonyl (C=O) groups is 1. The number of nitrogens with two attached hydrogens (primary N) is 1. The SMILES string of the molecule is Cc1cc(C)c(Cn2cc(C)c3c(C(N)=O)cccc32)c(=O)[nH]1. The van der Waals surface area contributed by atoms with E-state index in [9.17, 15) is 9.59 Å². The monoisotopic (exact) mass is 309 g/mol. The van der Waals surface area contributed by atoms with Crippen molar-refractivity contribution in [1.82, 2.24) is 9.55 Å². The molecule has 0 bridgehead atoms. The van der Waals surface area contributed by atoms with E-state index in [0.717, 1.165) is 33.3 Å². The van der Waals surface area contributed by atoms with Crippen LogP contribution in [0.25, 0.3) is 10.9 Å². The van der Waals surface area contributed by atoms with Crippen LogP contribution in [0, 0.1) is 20.8 Å². The predicted molar refractivity (Wildman–Crippen MR) is 90.8 cm³/mol. The molecule has 3 aromatic rings. The average Bonchev–Trinajstić information content (AvgIpc) is 2.79.